The number of ether oxygens (including phenoxy) is 5. The number of carbonyl (C=O) groups excluding carboxylic acids is 3. The van der Waals surface area contributed by atoms with Gasteiger partial charge < -0.3 is 39.0 Å². The van der Waals surface area contributed by atoms with Gasteiger partial charge in [-0.3, -0.25) is 14.4 Å². The highest BCUT2D eigenvalue weighted by Crippen LogP contribution is 2.26. The number of carboxylic acids is 1. The average molecular weight is 967 g/mol. The molecule has 0 aromatic carbocycles. The van der Waals surface area contributed by atoms with Crippen molar-refractivity contribution in [3.05, 3.63) is 97.2 Å². The number of unbranched alkanes of at least 4 members (excludes halogenated alkanes) is 12. The first-order chi connectivity index (χ1) is 33.6. The van der Waals surface area contributed by atoms with Gasteiger partial charge in [0.05, 0.1) is 6.61 Å². The molecule has 390 valence electrons. The van der Waals surface area contributed by atoms with Crippen molar-refractivity contribution in [2.75, 3.05) is 13.2 Å². The fraction of sp³-hybridized carbons (Fsp3) is 0.649. The number of hydrogen-bond acceptors (Lipinski definition) is 11. The molecule has 1 saturated heterocycles. The molecule has 0 bridgehead atoms. The van der Waals surface area contributed by atoms with Crippen molar-refractivity contribution in [2.24, 2.45) is 0 Å². The van der Waals surface area contributed by atoms with E-state index < -0.39 is 67.3 Å². The first-order valence-corrected chi connectivity index (χ1v) is 26.2. The zero-order chi connectivity index (χ0) is 50.4. The third kappa shape index (κ3) is 35.4. The number of allylic oxidation sites excluding steroid dienone is 16. The lowest BCUT2D eigenvalue weighted by Gasteiger charge is -2.40. The third-order valence-corrected chi connectivity index (χ3v) is 11.1. The van der Waals surface area contributed by atoms with Crippen LogP contribution in [-0.2, 0) is 42.9 Å². The largest absolute Gasteiger partial charge is 0.479 e. The van der Waals surface area contributed by atoms with Crippen molar-refractivity contribution in [1.29, 1.82) is 0 Å². The molecule has 1 aliphatic rings. The minimum atomic E-state index is -1.92. The second-order valence-electron chi connectivity index (χ2n) is 17.4. The summed E-state index contributed by atoms with van der Waals surface area (Å²) >= 11 is 0. The van der Waals surface area contributed by atoms with Crippen LogP contribution >= 0.6 is 0 Å². The molecule has 6 unspecified atom stereocenters. The van der Waals surface area contributed by atoms with Gasteiger partial charge in [-0.05, 0) is 103 Å². The van der Waals surface area contributed by atoms with Crippen molar-refractivity contribution >= 4 is 23.9 Å². The molecule has 0 aromatic rings. The molecule has 0 aliphatic carbocycles. The lowest BCUT2D eigenvalue weighted by Crippen LogP contribution is -2.61. The first kappa shape index (κ1) is 62.7. The van der Waals surface area contributed by atoms with E-state index in [0.717, 1.165) is 103 Å². The van der Waals surface area contributed by atoms with Gasteiger partial charge in [-0.1, -0.05) is 163 Å². The van der Waals surface area contributed by atoms with E-state index in [1.165, 1.54) is 25.7 Å². The Morgan fingerprint density at radius 2 is 0.942 bits per heavy atom. The van der Waals surface area contributed by atoms with Crippen molar-refractivity contribution in [3.63, 3.8) is 0 Å². The van der Waals surface area contributed by atoms with Crippen LogP contribution < -0.4 is 0 Å². The molecule has 0 saturated carbocycles. The number of rotatable bonds is 42. The highest BCUT2D eigenvalue weighted by molar-refractivity contribution is 5.74. The molecule has 0 spiro atoms. The van der Waals surface area contributed by atoms with E-state index in [9.17, 15) is 34.5 Å². The Balaban J connectivity index is 2.81. The molecule has 3 N–H and O–H groups in total. The van der Waals surface area contributed by atoms with Crippen LogP contribution in [0.3, 0.4) is 0 Å². The summed E-state index contributed by atoms with van der Waals surface area (Å²) in [5.74, 6) is -3.29. The van der Waals surface area contributed by atoms with Crippen LogP contribution in [0.5, 0.6) is 0 Å². The van der Waals surface area contributed by atoms with Gasteiger partial charge in [0.1, 0.15) is 18.8 Å². The Labute approximate surface area is 415 Å². The molecule has 12 nitrogen and oxygen atoms in total. The fourth-order valence-corrected chi connectivity index (χ4v) is 7.15. The molecule has 69 heavy (non-hydrogen) atoms. The summed E-state index contributed by atoms with van der Waals surface area (Å²) in [6, 6.07) is 0. The van der Waals surface area contributed by atoms with Gasteiger partial charge in [-0.2, -0.15) is 0 Å². The number of aliphatic hydroxyl groups is 2. The summed E-state index contributed by atoms with van der Waals surface area (Å²) in [6.45, 7) is 5.62. The summed E-state index contributed by atoms with van der Waals surface area (Å²) in [6.07, 6.45) is 45.6. The van der Waals surface area contributed by atoms with Gasteiger partial charge in [0, 0.05) is 19.3 Å². The predicted molar refractivity (Wildman–Crippen MR) is 275 cm³/mol. The van der Waals surface area contributed by atoms with Gasteiger partial charge in [0.15, 0.2) is 24.6 Å². The highest BCUT2D eigenvalue weighted by Gasteiger charge is 2.50. The van der Waals surface area contributed by atoms with Crippen LogP contribution in [-0.4, -0.2) is 89.2 Å². The maximum atomic E-state index is 13.1. The molecule has 0 amide bonds. The fourth-order valence-electron chi connectivity index (χ4n) is 7.15. The Hall–Kier alpha value is -4.36. The summed E-state index contributed by atoms with van der Waals surface area (Å²) in [5, 5.41) is 31.3. The number of aliphatic hydroxyl groups excluding tert-OH is 2. The molecule has 6 atom stereocenters. The van der Waals surface area contributed by atoms with Crippen molar-refractivity contribution < 1.29 is 58.2 Å². The monoisotopic (exact) mass is 967 g/mol. The Morgan fingerprint density at radius 3 is 1.48 bits per heavy atom. The van der Waals surface area contributed by atoms with E-state index in [4.69, 9.17) is 23.7 Å². The van der Waals surface area contributed by atoms with E-state index in [1.807, 2.05) is 12.2 Å². The van der Waals surface area contributed by atoms with E-state index in [0.29, 0.717) is 19.3 Å². The van der Waals surface area contributed by atoms with E-state index in [2.05, 4.69) is 106 Å². The smallest absolute Gasteiger partial charge is 0.335 e. The Bertz CT molecular complexity index is 1570. The number of hydrogen-bond donors (Lipinski definition) is 3. The van der Waals surface area contributed by atoms with Crippen LogP contribution in [0.15, 0.2) is 97.2 Å². The molecule has 1 heterocycles. The van der Waals surface area contributed by atoms with E-state index in [1.54, 1.807) is 0 Å². The summed E-state index contributed by atoms with van der Waals surface area (Å²) in [4.78, 5) is 50.8. The molecular weight excluding hydrogens is 877 g/mol. The molecule has 12 heteroatoms. The minimum Gasteiger partial charge on any atom is -0.479 e. The lowest BCUT2D eigenvalue weighted by atomic mass is 9.98. The molecule has 0 aromatic heterocycles. The SMILES string of the molecule is CC/C=C\C/C=C\C/C=C\C/C=C\CCC(=O)OCC(COC1OC(C(=O)O)C(O)C(O)C1OC(=O)CCCCC/C=C\C/C=C\C/C=C\CC)OC(=O)CCCCCCC/C=C\CCCCCC. The molecular formula is C57H90O12. The van der Waals surface area contributed by atoms with Crippen molar-refractivity contribution in [3.8, 4) is 0 Å². The molecule has 1 aliphatic heterocycles. The maximum absolute atomic E-state index is 13.1. The Kier molecular flexibility index (Phi) is 40.7. The number of carbonyl (C=O) groups is 4. The number of aliphatic carboxylic acids is 1. The van der Waals surface area contributed by atoms with Gasteiger partial charge in [0.25, 0.3) is 0 Å². The van der Waals surface area contributed by atoms with E-state index >= 15 is 0 Å². The topological polar surface area (TPSA) is 175 Å². The molecule has 0 radical (unpaired) electrons. The second kappa shape index (κ2) is 44.8. The number of carboxylic acid groups (broad SMARTS) is 1. The second-order valence-corrected chi connectivity index (χ2v) is 17.4. The summed E-state index contributed by atoms with van der Waals surface area (Å²) < 4.78 is 28.2. The molecule has 1 fully saturated rings. The maximum Gasteiger partial charge on any atom is 0.335 e. The van der Waals surface area contributed by atoms with Crippen LogP contribution in [0, 0.1) is 0 Å². The van der Waals surface area contributed by atoms with Gasteiger partial charge in [-0.15, -0.1) is 0 Å². The predicted octanol–water partition coefficient (Wildman–Crippen LogP) is 12.6. The lowest BCUT2D eigenvalue weighted by molar-refractivity contribution is -0.301. The third-order valence-electron chi connectivity index (χ3n) is 11.1. The normalized spacial score (nSPS) is 19.5. The zero-order valence-corrected chi connectivity index (χ0v) is 42.5. The highest BCUT2D eigenvalue weighted by atomic mass is 16.7. The quantitative estimate of drug-likeness (QED) is 0.0229. The molecule has 1 rings (SSSR count). The first-order valence-electron chi connectivity index (χ1n) is 26.2. The van der Waals surface area contributed by atoms with Gasteiger partial charge in [-0.25, -0.2) is 4.79 Å². The van der Waals surface area contributed by atoms with Crippen LogP contribution in [0.1, 0.15) is 188 Å². The van der Waals surface area contributed by atoms with Crippen LogP contribution in [0.25, 0.3) is 0 Å². The Morgan fingerprint density at radius 1 is 0.493 bits per heavy atom. The van der Waals surface area contributed by atoms with E-state index in [-0.39, 0.29) is 25.9 Å². The van der Waals surface area contributed by atoms with Crippen molar-refractivity contribution in [1.82, 2.24) is 0 Å². The van der Waals surface area contributed by atoms with Crippen LogP contribution in [0.4, 0.5) is 0 Å². The number of esters is 3. The van der Waals surface area contributed by atoms with Crippen molar-refractivity contribution in [2.45, 2.75) is 225 Å². The average Bonchev–Trinajstić information content (AvgIpc) is 3.33. The summed E-state index contributed by atoms with van der Waals surface area (Å²) in [5.41, 5.74) is 0. The zero-order valence-electron chi connectivity index (χ0n) is 42.5. The van der Waals surface area contributed by atoms with Gasteiger partial charge in [0.2, 0.25) is 0 Å². The standard InChI is InChI=1S/C57H90O12/c1-4-7-10-13-16-19-22-25-28-31-34-37-40-43-49(58)65-46-48(67-50(59)44-41-38-35-32-29-26-23-20-17-14-11-8-5-2)47-66-57-55(53(62)52(61)54(69-57)56(63)64)68-51(60)45-42-39-36-33-30-27-24-21-18-15-12-9-6-3/h7,9-10,12,16,18-21,23,25,27-28,30,34,37,48,52-55,57,61-62H,4-6,8,11,13-15,17,22,24,26,29,31-33,35-36,38-47H2,1-3H3,(H,63,64)/b10-7-,12-9-,19-16-,21-18-,23-20-,28-25-,30-27-,37-34-. The van der Waals surface area contributed by atoms with Crippen LogP contribution in [0.2, 0.25) is 0 Å². The summed E-state index contributed by atoms with van der Waals surface area (Å²) in [7, 11) is 0. The van der Waals surface area contributed by atoms with Gasteiger partial charge >= 0.3 is 23.9 Å². The minimum absolute atomic E-state index is 0.0134.